The maximum absolute atomic E-state index is 12.0. The van der Waals surface area contributed by atoms with Gasteiger partial charge in [0.25, 0.3) is 0 Å². The van der Waals surface area contributed by atoms with E-state index in [0.717, 1.165) is 25.7 Å². The molecule has 0 bridgehead atoms. The first-order valence-corrected chi connectivity index (χ1v) is 8.30. The molecule has 5 heteroatoms. The molecule has 0 atom stereocenters. The monoisotopic (exact) mass is 318 g/mol. The molecule has 1 aliphatic rings. The van der Waals surface area contributed by atoms with E-state index in [0.29, 0.717) is 19.4 Å². The molecule has 1 fully saturated rings. The Hall–Kier alpha value is -1.88. The summed E-state index contributed by atoms with van der Waals surface area (Å²) in [6, 6.07) is 10.0. The maximum Gasteiger partial charge on any atom is 0.311 e. The van der Waals surface area contributed by atoms with Gasteiger partial charge in [-0.1, -0.05) is 43.2 Å². The van der Waals surface area contributed by atoms with Crippen LogP contribution >= 0.6 is 0 Å². The smallest absolute Gasteiger partial charge is 0.311 e. The normalized spacial score (nSPS) is 16.1. The Kier molecular flexibility index (Phi) is 6.16. The molecule has 1 aromatic rings. The first-order chi connectivity index (χ1) is 11.0. The number of carbonyl (C=O) groups is 2. The van der Waals surface area contributed by atoms with Gasteiger partial charge in [0.1, 0.15) is 0 Å². The quantitative estimate of drug-likeness (QED) is 0.617. The summed E-state index contributed by atoms with van der Waals surface area (Å²) in [7, 11) is 1.57. The number of nitrogens with zero attached hydrogens (tertiary/aromatic N) is 1. The number of hydrogen-bond acceptors (Lipinski definition) is 3. The average Bonchev–Trinajstić information content (AvgIpc) is 2.97. The first-order valence-electron chi connectivity index (χ1n) is 8.30. The summed E-state index contributed by atoms with van der Waals surface area (Å²) in [5.41, 5.74) is 0.395. The van der Waals surface area contributed by atoms with Crippen LogP contribution in [0.3, 0.4) is 0 Å². The van der Waals surface area contributed by atoms with Crippen LogP contribution in [0.15, 0.2) is 30.3 Å². The van der Waals surface area contributed by atoms with E-state index < -0.39 is 17.4 Å². The van der Waals surface area contributed by atoms with Crippen molar-refractivity contribution in [2.24, 2.45) is 0 Å². The Morgan fingerprint density at radius 2 is 1.87 bits per heavy atom. The number of aryl methyl sites for hydroxylation is 1. The van der Waals surface area contributed by atoms with E-state index in [2.05, 4.69) is 5.32 Å². The van der Waals surface area contributed by atoms with Gasteiger partial charge in [-0.05, 0) is 31.2 Å². The number of amides is 2. The van der Waals surface area contributed by atoms with Gasteiger partial charge < -0.3 is 15.3 Å². The largest absolute Gasteiger partial charge is 0.388 e. The zero-order valence-electron chi connectivity index (χ0n) is 13.8. The Balaban J connectivity index is 1.69. The van der Waals surface area contributed by atoms with Gasteiger partial charge in [-0.15, -0.1) is 0 Å². The molecule has 0 spiro atoms. The molecular weight excluding hydrogens is 292 g/mol. The molecule has 0 heterocycles. The van der Waals surface area contributed by atoms with E-state index in [-0.39, 0.29) is 6.54 Å². The molecule has 0 aromatic heterocycles. The highest BCUT2D eigenvalue weighted by Crippen LogP contribution is 2.29. The summed E-state index contributed by atoms with van der Waals surface area (Å²) in [6.07, 6.45) is 5.00. The molecule has 2 rings (SSSR count). The third-order valence-electron chi connectivity index (χ3n) is 4.38. The van der Waals surface area contributed by atoms with Crippen molar-refractivity contribution in [3.63, 3.8) is 0 Å². The molecule has 1 aromatic carbocycles. The molecule has 5 nitrogen and oxygen atoms in total. The van der Waals surface area contributed by atoms with E-state index in [1.54, 1.807) is 7.05 Å². The van der Waals surface area contributed by atoms with E-state index >= 15 is 0 Å². The van der Waals surface area contributed by atoms with Crippen LogP contribution in [0.25, 0.3) is 0 Å². The van der Waals surface area contributed by atoms with Crippen LogP contribution in [0.1, 0.15) is 37.7 Å². The second-order valence-corrected chi connectivity index (χ2v) is 6.44. The number of rotatable bonds is 6. The fraction of sp³-hybridized carbons (Fsp3) is 0.556. The zero-order chi connectivity index (χ0) is 16.7. The van der Waals surface area contributed by atoms with Crippen molar-refractivity contribution in [3.05, 3.63) is 35.9 Å². The predicted molar refractivity (Wildman–Crippen MR) is 88.8 cm³/mol. The Morgan fingerprint density at radius 1 is 1.22 bits per heavy atom. The second kappa shape index (κ2) is 8.11. The van der Waals surface area contributed by atoms with Crippen molar-refractivity contribution < 1.29 is 14.7 Å². The van der Waals surface area contributed by atoms with Gasteiger partial charge in [0, 0.05) is 20.1 Å². The highest BCUT2D eigenvalue weighted by Gasteiger charge is 2.34. The van der Waals surface area contributed by atoms with Crippen molar-refractivity contribution in [2.45, 2.75) is 44.1 Å². The van der Waals surface area contributed by atoms with E-state index in [1.165, 1.54) is 10.5 Å². The van der Waals surface area contributed by atoms with Gasteiger partial charge in [-0.3, -0.25) is 9.59 Å². The topological polar surface area (TPSA) is 69.6 Å². The van der Waals surface area contributed by atoms with E-state index in [4.69, 9.17) is 0 Å². The maximum atomic E-state index is 12.0. The van der Waals surface area contributed by atoms with E-state index in [9.17, 15) is 14.7 Å². The molecular formula is C18H26N2O3. The molecule has 23 heavy (non-hydrogen) atoms. The van der Waals surface area contributed by atoms with Gasteiger partial charge in [-0.2, -0.15) is 0 Å². The zero-order valence-corrected chi connectivity index (χ0v) is 13.8. The average molecular weight is 318 g/mol. The minimum Gasteiger partial charge on any atom is -0.388 e. The molecule has 0 radical (unpaired) electrons. The molecule has 0 aliphatic heterocycles. The molecule has 2 N–H and O–H groups in total. The molecule has 0 saturated heterocycles. The summed E-state index contributed by atoms with van der Waals surface area (Å²) in [4.78, 5) is 25.3. The van der Waals surface area contributed by atoms with Crippen LogP contribution in [0.4, 0.5) is 0 Å². The van der Waals surface area contributed by atoms with Crippen molar-refractivity contribution in [1.82, 2.24) is 10.2 Å². The fourth-order valence-corrected chi connectivity index (χ4v) is 3.09. The van der Waals surface area contributed by atoms with Crippen LogP contribution < -0.4 is 5.32 Å². The van der Waals surface area contributed by atoms with Gasteiger partial charge in [0.15, 0.2) is 0 Å². The summed E-state index contributed by atoms with van der Waals surface area (Å²) in [5, 5.41) is 13.0. The number of benzene rings is 1. The van der Waals surface area contributed by atoms with Gasteiger partial charge >= 0.3 is 11.8 Å². The Bertz CT molecular complexity index is 524. The lowest BCUT2D eigenvalue weighted by molar-refractivity contribution is -0.146. The lowest BCUT2D eigenvalue weighted by atomic mass is 10.0. The first kappa shape index (κ1) is 17.5. The van der Waals surface area contributed by atoms with Crippen LogP contribution in [-0.2, 0) is 16.0 Å². The molecule has 1 aliphatic carbocycles. The highest BCUT2D eigenvalue weighted by molar-refractivity contribution is 6.34. The van der Waals surface area contributed by atoms with E-state index in [1.807, 2.05) is 30.3 Å². The van der Waals surface area contributed by atoms with Crippen LogP contribution in [0.2, 0.25) is 0 Å². The minimum atomic E-state index is -0.821. The molecule has 126 valence electrons. The standard InChI is InChI=1S/C18H26N2O3/c1-20(14-18(23)11-5-6-12-18)17(22)16(21)19-13-7-10-15-8-3-2-4-9-15/h2-4,8-9,23H,5-7,10-14H2,1H3,(H,19,21). The number of nitrogens with one attached hydrogen (secondary N) is 1. The summed E-state index contributed by atoms with van der Waals surface area (Å²) < 4.78 is 0. The lowest BCUT2D eigenvalue weighted by Crippen LogP contribution is -2.47. The van der Waals surface area contributed by atoms with Crippen LogP contribution in [0.5, 0.6) is 0 Å². The third-order valence-corrected chi connectivity index (χ3v) is 4.38. The highest BCUT2D eigenvalue weighted by atomic mass is 16.3. The molecule has 0 unspecified atom stereocenters. The summed E-state index contributed by atoms with van der Waals surface area (Å²) >= 11 is 0. The number of aliphatic hydroxyl groups is 1. The van der Waals surface area contributed by atoms with Gasteiger partial charge in [0.05, 0.1) is 5.60 Å². The second-order valence-electron chi connectivity index (χ2n) is 6.44. The summed E-state index contributed by atoms with van der Waals surface area (Å²) in [6.45, 7) is 0.695. The predicted octanol–water partition coefficient (Wildman–Crippen LogP) is 1.50. The van der Waals surface area contributed by atoms with Crippen molar-refractivity contribution in [3.8, 4) is 0 Å². The number of likely N-dealkylation sites (N-methyl/N-ethyl adjacent to an activating group) is 1. The number of hydrogen-bond donors (Lipinski definition) is 2. The summed E-state index contributed by atoms with van der Waals surface area (Å²) in [5.74, 6) is -1.17. The Morgan fingerprint density at radius 3 is 2.52 bits per heavy atom. The van der Waals surface area contributed by atoms with Crippen LogP contribution in [-0.4, -0.2) is 47.6 Å². The van der Waals surface area contributed by atoms with Crippen LogP contribution in [0, 0.1) is 0 Å². The van der Waals surface area contributed by atoms with Crippen molar-refractivity contribution in [1.29, 1.82) is 0 Å². The molecule has 2 amide bonds. The van der Waals surface area contributed by atoms with Gasteiger partial charge in [0.2, 0.25) is 0 Å². The SMILES string of the molecule is CN(CC1(O)CCCC1)C(=O)C(=O)NCCCc1ccccc1. The number of carbonyl (C=O) groups excluding carboxylic acids is 2. The lowest BCUT2D eigenvalue weighted by Gasteiger charge is -2.28. The van der Waals surface area contributed by atoms with Gasteiger partial charge in [-0.25, -0.2) is 0 Å². The third kappa shape index (κ3) is 5.36. The fourth-order valence-electron chi connectivity index (χ4n) is 3.09. The van der Waals surface area contributed by atoms with Crippen molar-refractivity contribution >= 4 is 11.8 Å². The molecule has 1 saturated carbocycles. The minimum absolute atomic E-state index is 0.225. The Labute approximate surface area is 137 Å². The van der Waals surface area contributed by atoms with Crippen molar-refractivity contribution in [2.75, 3.05) is 20.1 Å².